The second-order valence-corrected chi connectivity index (χ2v) is 19.0. The monoisotopic (exact) mass is 906 g/mol. The average molecular weight is 906 g/mol. The van der Waals surface area contributed by atoms with Crippen molar-refractivity contribution < 1.29 is 39.8 Å². The quantitative estimate of drug-likeness (QED) is 0.0261. The highest BCUT2D eigenvalue weighted by molar-refractivity contribution is 5.76. The minimum atomic E-state index is -1.57. The number of unbranched alkanes of at least 4 members (excludes halogenated alkanes) is 32. The van der Waals surface area contributed by atoms with Crippen LogP contribution in [0.2, 0.25) is 0 Å². The van der Waals surface area contributed by atoms with E-state index in [-0.39, 0.29) is 12.5 Å². The van der Waals surface area contributed by atoms with Crippen LogP contribution in [-0.4, -0.2) is 87.5 Å². The van der Waals surface area contributed by atoms with Crippen LogP contribution in [0.15, 0.2) is 36.5 Å². The predicted molar refractivity (Wildman–Crippen MR) is 267 cm³/mol. The van der Waals surface area contributed by atoms with Crippen molar-refractivity contribution in [1.82, 2.24) is 5.32 Å². The van der Waals surface area contributed by atoms with Gasteiger partial charge in [-0.3, -0.25) is 4.79 Å². The Bertz CT molecular complexity index is 1100. The number of hydrogen-bond acceptors (Lipinski definition) is 8. The van der Waals surface area contributed by atoms with E-state index in [1.165, 1.54) is 193 Å². The summed E-state index contributed by atoms with van der Waals surface area (Å²) in [4.78, 5) is 13.0. The molecule has 1 fully saturated rings. The number of nitrogens with one attached hydrogen (secondary N) is 1. The molecule has 9 nitrogen and oxygen atoms in total. The minimum Gasteiger partial charge on any atom is -0.394 e. The summed E-state index contributed by atoms with van der Waals surface area (Å²) in [6, 6.07) is -0.818. The van der Waals surface area contributed by atoms with Crippen LogP contribution >= 0.6 is 0 Å². The molecule has 64 heavy (non-hydrogen) atoms. The summed E-state index contributed by atoms with van der Waals surface area (Å²) in [5.41, 5.74) is 0. The third kappa shape index (κ3) is 34.7. The van der Waals surface area contributed by atoms with Gasteiger partial charge in [-0.25, -0.2) is 0 Å². The molecule has 9 heteroatoms. The number of aliphatic hydroxyl groups excluding tert-OH is 5. The van der Waals surface area contributed by atoms with Gasteiger partial charge >= 0.3 is 0 Å². The first-order valence-corrected chi connectivity index (χ1v) is 27.2. The Morgan fingerprint density at radius 2 is 0.891 bits per heavy atom. The number of amides is 1. The predicted octanol–water partition coefficient (Wildman–Crippen LogP) is 12.8. The normalized spacial score (nSPS) is 20.3. The fourth-order valence-corrected chi connectivity index (χ4v) is 8.58. The van der Waals surface area contributed by atoms with Gasteiger partial charge in [-0.15, -0.1) is 0 Å². The molecule has 1 aliphatic heterocycles. The molecular formula is C55H103NO8. The lowest BCUT2D eigenvalue weighted by atomic mass is 9.99. The molecule has 0 aromatic carbocycles. The Morgan fingerprint density at radius 3 is 1.33 bits per heavy atom. The summed E-state index contributed by atoms with van der Waals surface area (Å²) in [6.07, 6.45) is 51.0. The van der Waals surface area contributed by atoms with Crippen LogP contribution in [0.4, 0.5) is 0 Å². The maximum atomic E-state index is 13.0. The van der Waals surface area contributed by atoms with E-state index in [1.54, 1.807) is 6.08 Å². The molecule has 376 valence electrons. The molecule has 6 N–H and O–H groups in total. The summed E-state index contributed by atoms with van der Waals surface area (Å²) < 4.78 is 11.2. The van der Waals surface area contributed by atoms with Crippen molar-refractivity contribution in [2.45, 2.75) is 294 Å². The van der Waals surface area contributed by atoms with Gasteiger partial charge < -0.3 is 40.3 Å². The van der Waals surface area contributed by atoms with Crippen LogP contribution in [0, 0.1) is 0 Å². The van der Waals surface area contributed by atoms with Crippen LogP contribution in [0.3, 0.4) is 0 Å². The molecule has 0 aromatic heterocycles. The van der Waals surface area contributed by atoms with Crippen LogP contribution in [-0.2, 0) is 14.3 Å². The SMILES string of the molecule is CCCCCC/C=C/CC/C=C/C(O)C(COC1OC(CO)C(O)C(O)C1O)NC(=O)CCCCCCCCCCCCCCCCC/C=C\CCCCCCCCCCCCCC. The van der Waals surface area contributed by atoms with E-state index in [1.807, 2.05) is 6.08 Å². The van der Waals surface area contributed by atoms with Crippen molar-refractivity contribution in [1.29, 1.82) is 0 Å². The zero-order valence-corrected chi connectivity index (χ0v) is 41.5. The summed E-state index contributed by atoms with van der Waals surface area (Å²) >= 11 is 0. The number of hydrogen-bond donors (Lipinski definition) is 6. The smallest absolute Gasteiger partial charge is 0.220 e. The Labute approximate surface area is 393 Å². The molecule has 7 unspecified atom stereocenters. The number of ether oxygens (including phenoxy) is 2. The Hall–Kier alpha value is -1.59. The molecule has 0 radical (unpaired) electrons. The molecule has 0 bridgehead atoms. The zero-order valence-electron chi connectivity index (χ0n) is 41.5. The molecule has 1 amide bonds. The Balaban J connectivity index is 2.11. The molecule has 0 aromatic rings. The third-order valence-electron chi connectivity index (χ3n) is 12.9. The van der Waals surface area contributed by atoms with Crippen molar-refractivity contribution in [3.8, 4) is 0 Å². The number of carbonyl (C=O) groups is 1. The van der Waals surface area contributed by atoms with Crippen LogP contribution in [0.25, 0.3) is 0 Å². The topological polar surface area (TPSA) is 149 Å². The van der Waals surface area contributed by atoms with E-state index < -0.39 is 49.5 Å². The molecule has 1 aliphatic rings. The van der Waals surface area contributed by atoms with Gasteiger partial charge in [-0.2, -0.15) is 0 Å². The van der Waals surface area contributed by atoms with E-state index in [0.717, 1.165) is 38.5 Å². The molecular weight excluding hydrogens is 803 g/mol. The fourth-order valence-electron chi connectivity index (χ4n) is 8.58. The first-order chi connectivity index (χ1) is 31.3. The first-order valence-electron chi connectivity index (χ1n) is 27.2. The van der Waals surface area contributed by atoms with Crippen molar-refractivity contribution in [3.63, 3.8) is 0 Å². The molecule has 7 atom stereocenters. The summed E-state index contributed by atoms with van der Waals surface area (Å²) in [5.74, 6) is -0.187. The maximum absolute atomic E-state index is 13.0. The van der Waals surface area contributed by atoms with E-state index in [9.17, 15) is 30.3 Å². The van der Waals surface area contributed by atoms with Crippen molar-refractivity contribution in [2.24, 2.45) is 0 Å². The van der Waals surface area contributed by atoms with Gasteiger partial charge in [0.05, 0.1) is 25.4 Å². The van der Waals surface area contributed by atoms with Gasteiger partial charge in [0.1, 0.15) is 24.4 Å². The van der Waals surface area contributed by atoms with Crippen LogP contribution in [0.5, 0.6) is 0 Å². The van der Waals surface area contributed by atoms with Crippen LogP contribution < -0.4 is 5.32 Å². The standard InChI is InChI=1S/C55H103NO8/c1-3-5-7-9-11-13-15-16-17-18-19-20-21-22-23-24-25-26-27-28-29-30-31-32-33-34-35-37-39-41-43-45-51(59)56-48(47-63-55-54(62)53(61)52(60)50(46-57)64-55)49(58)44-42-40-38-36-14-12-10-8-6-4-2/h14,22-23,36,42,44,48-50,52-55,57-58,60-62H,3-13,15-21,24-35,37-41,43,45-47H2,1-2H3,(H,56,59)/b23-22-,36-14+,44-42+. The van der Waals surface area contributed by atoms with Crippen molar-refractivity contribution in [2.75, 3.05) is 13.2 Å². The first kappa shape index (κ1) is 60.4. The minimum absolute atomic E-state index is 0.187. The fraction of sp³-hybridized carbons (Fsp3) is 0.873. The van der Waals surface area contributed by atoms with Gasteiger partial charge in [0, 0.05) is 6.42 Å². The third-order valence-corrected chi connectivity index (χ3v) is 12.9. The maximum Gasteiger partial charge on any atom is 0.220 e. The van der Waals surface area contributed by atoms with E-state index in [2.05, 4.69) is 43.5 Å². The van der Waals surface area contributed by atoms with Crippen molar-refractivity contribution in [3.05, 3.63) is 36.5 Å². The van der Waals surface area contributed by atoms with E-state index >= 15 is 0 Å². The lowest BCUT2D eigenvalue weighted by molar-refractivity contribution is -0.302. The van der Waals surface area contributed by atoms with Gasteiger partial charge in [-0.05, 0) is 57.8 Å². The van der Waals surface area contributed by atoms with Gasteiger partial charge in [0.25, 0.3) is 0 Å². The van der Waals surface area contributed by atoms with Gasteiger partial charge in [0.2, 0.25) is 5.91 Å². The zero-order chi connectivity index (χ0) is 46.6. The lowest BCUT2D eigenvalue weighted by Crippen LogP contribution is -2.60. The van der Waals surface area contributed by atoms with Gasteiger partial charge in [0.15, 0.2) is 6.29 Å². The van der Waals surface area contributed by atoms with Crippen molar-refractivity contribution >= 4 is 5.91 Å². The summed E-state index contributed by atoms with van der Waals surface area (Å²) in [6.45, 7) is 3.73. The number of carbonyl (C=O) groups excluding carboxylic acids is 1. The lowest BCUT2D eigenvalue weighted by Gasteiger charge is -2.40. The number of allylic oxidation sites excluding steroid dienone is 5. The highest BCUT2D eigenvalue weighted by Gasteiger charge is 2.44. The molecule has 0 saturated carbocycles. The van der Waals surface area contributed by atoms with Crippen LogP contribution in [0.1, 0.15) is 251 Å². The average Bonchev–Trinajstić information content (AvgIpc) is 3.29. The number of aliphatic hydroxyl groups is 5. The molecule has 1 saturated heterocycles. The second-order valence-electron chi connectivity index (χ2n) is 19.0. The summed E-state index contributed by atoms with van der Waals surface area (Å²) in [5, 5.41) is 54.1. The molecule has 0 spiro atoms. The highest BCUT2D eigenvalue weighted by Crippen LogP contribution is 2.23. The number of rotatable bonds is 46. The molecule has 1 rings (SSSR count). The molecule has 0 aliphatic carbocycles. The highest BCUT2D eigenvalue weighted by atomic mass is 16.7. The van der Waals surface area contributed by atoms with E-state index in [4.69, 9.17) is 9.47 Å². The largest absolute Gasteiger partial charge is 0.394 e. The second kappa shape index (κ2) is 45.2. The Morgan fingerprint density at radius 1 is 0.516 bits per heavy atom. The van der Waals surface area contributed by atoms with E-state index in [0.29, 0.717) is 6.42 Å². The summed E-state index contributed by atoms with van der Waals surface area (Å²) in [7, 11) is 0. The molecule has 1 heterocycles. The Kier molecular flexibility index (Phi) is 42.7. The van der Waals surface area contributed by atoms with Gasteiger partial charge in [-0.1, -0.05) is 224 Å².